The van der Waals surface area contributed by atoms with Gasteiger partial charge in [0.15, 0.2) is 0 Å². The van der Waals surface area contributed by atoms with Gasteiger partial charge in [-0.05, 0) is 25.8 Å². The summed E-state index contributed by atoms with van der Waals surface area (Å²) in [6, 6.07) is 5.70. The third-order valence-corrected chi connectivity index (χ3v) is 3.12. The Morgan fingerprint density at radius 3 is 2.89 bits per heavy atom. The molecule has 18 heavy (non-hydrogen) atoms. The summed E-state index contributed by atoms with van der Waals surface area (Å²) < 4.78 is 16.7. The molecular weight excluding hydrogens is 230 g/mol. The van der Waals surface area contributed by atoms with Crippen molar-refractivity contribution in [2.45, 2.75) is 31.9 Å². The van der Waals surface area contributed by atoms with Gasteiger partial charge in [-0.25, -0.2) is 0 Å². The molecule has 1 fully saturated rings. The highest BCUT2D eigenvalue weighted by Crippen LogP contribution is 2.30. The lowest BCUT2D eigenvalue weighted by Gasteiger charge is -2.25. The minimum Gasteiger partial charge on any atom is -0.497 e. The van der Waals surface area contributed by atoms with Crippen molar-refractivity contribution in [1.82, 2.24) is 0 Å². The van der Waals surface area contributed by atoms with E-state index in [2.05, 4.69) is 0 Å². The zero-order chi connectivity index (χ0) is 13.0. The van der Waals surface area contributed by atoms with Gasteiger partial charge < -0.3 is 19.9 Å². The maximum atomic E-state index is 6.01. The van der Waals surface area contributed by atoms with Crippen molar-refractivity contribution >= 4 is 0 Å². The Balaban J connectivity index is 2.17. The zero-order valence-corrected chi connectivity index (χ0v) is 11.0. The third kappa shape index (κ3) is 3.15. The summed E-state index contributed by atoms with van der Waals surface area (Å²) in [5.41, 5.74) is 6.96. The molecule has 2 rings (SSSR count). The van der Waals surface area contributed by atoms with Crippen molar-refractivity contribution < 1.29 is 14.2 Å². The Bertz CT molecular complexity index is 387. The van der Waals surface area contributed by atoms with Crippen molar-refractivity contribution in [3.05, 3.63) is 23.8 Å². The Morgan fingerprint density at radius 2 is 2.28 bits per heavy atom. The molecule has 1 aromatic rings. The molecule has 1 saturated heterocycles. The number of benzene rings is 1. The average molecular weight is 251 g/mol. The van der Waals surface area contributed by atoms with E-state index in [4.69, 9.17) is 19.9 Å². The number of hydrogen-bond donors (Lipinski definition) is 1. The van der Waals surface area contributed by atoms with Gasteiger partial charge in [-0.1, -0.05) is 6.07 Å². The number of nitrogens with two attached hydrogens (primary N) is 1. The van der Waals surface area contributed by atoms with Gasteiger partial charge in [-0.3, -0.25) is 0 Å². The van der Waals surface area contributed by atoms with E-state index in [1.54, 1.807) is 7.11 Å². The predicted octanol–water partition coefficient (Wildman–Crippen LogP) is 2.27. The average Bonchev–Trinajstić information content (AvgIpc) is 2.39. The lowest BCUT2D eigenvalue weighted by atomic mass is 10.1. The monoisotopic (exact) mass is 251 g/mol. The van der Waals surface area contributed by atoms with Crippen LogP contribution in [0, 0.1) is 0 Å². The molecule has 4 nitrogen and oxygen atoms in total. The summed E-state index contributed by atoms with van der Waals surface area (Å²) in [7, 11) is 1.65. The number of methoxy groups -OCH3 is 1. The van der Waals surface area contributed by atoms with Crippen LogP contribution in [-0.4, -0.2) is 26.4 Å². The fourth-order valence-electron chi connectivity index (χ4n) is 2.10. The molecule has 0 radical (unpaired) electrons. The molecule has 2 N–H and O–H groups in total. The summed E-state index contributed by atoms with van der Waals surface area (Å²) in [4.78, 5) is 0. The quantitative estimate of drug-likeness (QED) is 0.892. The van der Waals surface area contributed by atoms with E-state index in [1.165, 1.54) is 0 Å². The molecule has 0 spiro atoms. The Kier molecular flexibility index (Phi) is 4.44. The maximum Gasteiger partial charge on any atom is 0.128 e. The summed E-state index contributed by atoms with van der Waals surface area (Å²) in [6.07, 6.45) is 2.18. The van der Waals surface area contributed by atoms with E-state index in [9.17, 15) is 0 Å². The van der Waals surface area contributed by atoms with Crippen LogP contribution in [0.5, 0.6) is 11.5 Å². The Morgan fingerprint density at radius 1 is 1.44 bits per heavy atom. The van der Waals surface area contributed by atoms with Crippen molar-refractivity contribution in [2.24, 2.45) is 5.73 Å². The second kappa shape index (κ2) is 6.07. The van der Waals surface area contributed by atoms with Gasteiger partial charge in [-0.15, -0.1) is 0 Å². The van der Waals surface area contributed by atoms with Crippen LogP contribution in [0.1, 0.15) is 31.4 Å². The molecule has 1 aromatic carbocycles. The van der Waals surface area contributed by atoms with Gasteiger partial charge in [0.25, 0.3) is 0 Å². The van der Waals surface area contributed by atoms with Gasteiger partial charge in [-0.2, -0.15) is 0 Å². The molecule has 1 aliphatic heterocycles. The van der Waals surface area contributed by atoms with Gasteiger partial charge in [0, 0.05) is 24.3 Å². The highest BCUT2D eigenvalue weighted by atomic mass is 16.5. The van der Waals surface area contributed by atoms with E-state index in [0.29, 0.717) is 6.61 Å². The fraction of sp³-hybridized carbons (Fsp3) is 0.571. The summed E-state index contributed by atoms with van der Waals surface area (Å²) in [5, 5.41) is 0. The highest BCUT2D eigenvalue weighted by Gasteiger charge is 2.18. The van der Waals surface area contributed by atoms with E-state index < -0.39 is 0 Å². The van der Waals surface area contributed by atoms with Crippen molar-refractivity contribution in [2.75, 3.05) is 20.3 Å². The van der Waals surface area contributed by atoms with E-state index in [1.807, 2.05) is 25.1 Å². The van der Waals surface area contributed by atoms with Gasteiger partial charge in [0.2, 0.25) is 0 Å². The molecule has 1 aliphatic rings. The maximum absolute atomic E-state index is 6.01. The molecular formula is C14H21NO3. The standard InChI is InChI=1S/C14H21NO3/c1-10(15)13-6-5-11(16-2)8-14(13)18-12-4-3-7-17-9-12/h5-6,8,10,12H,3-4,7,9,15H2,1-2H3. The molecule has 0 amide bonds. The molecule has 0 aromatic heterocycles. The van der Waals surface area contributed by atoms with Crippen LogP contribution in [0.2, 0.25) is 0 Å². The number of rotatable bonds is 4. The van der Waals surface area contributed by atoms with Crippen LogP contribution >= 0.6 is 0 Å². The minimum absolute atomic E-state index is 0.0598. The first-order chi connectivity index (χ1) is 8.70. The van der Waals surface area contributed by atoms with Crippen LogP contribution < -0.4 is 15.2 Å². The van der Waals surface area contributed by atoms with Crippen LogP contribution in [-0.2, 0) is 4.74 Å². The van der Waals surface area contributed by atoms with Crippen LogP contribution in [0.3, 0.4) is 0 Å². The second-order valence-corrected chi connectivity index (χ2v) is 4.65. The van der Waals surface area contributed by atoms with Gasteiger partial charge in [0.1, 0.15) is 17.6 Å². The van der Waals surface area contributed by atoms with Crippen LogP contribution in [0.15, 0.2) is 18.2 Å². The van der Waals surface area contributed by atoms with E-state index in [0.717, 1.165) is 36.5 Å². The van der Waals surface area contributed by atoms with E-state index >= 15 is 0 Å². The summed E-state index contributed by atoms with van der Waals surface area (Å²) >= 11 is 0. The van der Waals surface area contributed by atoms with Crippen LogP contribution in [0.25, 0.3) is 0 Å². The first-order valence-corrected chi connectivity index (χ1v) is 6.38. The summed E-state index contributed by atoms with van der Waals surface area (Å²) in [6.45, 7) is 3.43. The molecule has 100 valence electrons. The molecule has 0 saturated carbocycles. The van der Waals surface area contributed by atoms with Gasteiger partial charge in [0.05, 0.1) is 13.7 Å². The van der Waals surface area contributed by atoms with Crippen molar-refractivity contribution in [1.29, 1.82) is 0 Å². The smallest absolute Gasteiger partial charge is 0.128 e. The molecule has 4 heteroatoms. The molecule has 2 unspecified atom stereocenters. The second-order valence-electron chi connectivity index (χ2n) is 4.65. The van der Waals surface area contributed by atoms with Crippen molar-refractivity contribution in [3.63, 3.8) is 0 Å². The zero-order valence-electron chi connectivity index (χ0n) is 11.0. The highest BCUT2D eigenvalue weighted by molar-refractivity contribution is 5.42. The number of ether oxygens (including phenoxy) is 3. The lowest BCUT2D eigenvalue weighted by molar-refractivity contribution is 0.00686. The fourth-order valence-corrected chi connectivity index (χ4v) is 2.10. The third-order valence-electron chi connectivity index (χ3n) is 3.12. The lowest BCUT2D eigenvalue weighted by Crippen LogP contribution is -2.28. The predicted molar refractivity (Wildman–Crippen MR) is 70.1 cm³/mol. The molecule has 2 atom stereocenters. The Labute approximate surface area is 108 Å². The SMILES string of the molecule is COc1ccc(C(C)N)c(OC2CCCOC2)c1. The largest absolute Gasteiger partial charge is 0.497 e. The number of hydrogen-bond acceptors (Lipinski definition) is 4. The molecule has 0 bridgehead atoms. The normalized spacial score (nSPS) is 21.4. The molecule has 0 aliphatic carbocycles. The Hall–Kier alpha value is -1.26. The summed E-state index contributed by atoms with van der Waals surface area (Å²) in [5.74, 6) is 1.59. The van der Waals surface area contributed by atoms with E-state index in [-0.39, 0.29) is 12.1 Å². The van der Waals surface area contributed by atoms with Crippen LogP contribution in [0.4, 0.5) is 0 Å². The van der Waals surface area contributed by atoms with Gasteiger partial charge >= 0.3 is 0 Å². The topological polar surface area (TPSA) is 53.7 Å². The first kappa shape index (κ1) is 13.2. The minimum atomic E-state index is -0.0598. The molecule has 1 heterocycles. The first-order valence-electron chi connectivity index (χ1n) is 6.38. The van der Waals surface area contributed by atoms with Crippen molar-refractivity contribution in [3.8, 4) is 11.5 Å².